The van der Waals surface area contributed by atoms with Gasteiger partial charge in [0.05, 0.1) is 18.1 Å². The predicted molar refractivity (Wildman–Crippen MR) is 103 cm³/mol. The minimum absolute atomic E-state index is 0.219. The summed E-state index contributed by atoms with van der Waals surface area (Å²) in [6.07, 6.45) is 2.71. The first-order valence-corrected chi connectivity index (χ1v) is 8.80. The number of anilines is 1. The number of nitrogens with one attached hydrogen (secondary N) is 1. The number of aromatic nitrogens is 3. The molecule has 6 nitrogen and oxygen atoms in total. The van der Waals surface area contributed by atoms with Crippen molar-refractivity contribution >= 4 is 34.2 Å². The molecule has 1 aromatic carbocycles. The maximum atomic E-state index is 12.4. The molecular formula is C19H21ClN4O2. The number of pyridine rings is 1. The van der Waals surface area contributed by atoms with E-state index in [1.807, 2.05) is 31.5 Å². The zero-order valence-corrected chi connectivity index (χ0v) is 15.9. The van der Waals surface area contributed by atoms with E-state index < -0.39 is 6.10 Å². The first kappa shape index (κ1) is 18.2. The largest absolute Gasteiger partial charge is 0.481 e. The molecule has 0 saturated carbocycles. The zero-order chi connectivity index (χ0) is 18.8. The lowest BCUT2D eigenvalue weighted by Crippen LogP contribution is -2.30. The van der Waals surface area contributed by atoms with Gasteiger partial charge < -0.3 is 10.1 Å². The molecule has 0 saturated heterocycles. The minimum Gasteiger partial charge on any atom is -0.481 e. The number of ether oxygens (including phenoxy) is 1. The molecule has 3 rings (SSSR count). The molecule has 0 aliphatic carbocycles. The Morgan fingerprint density at radius 3 is 2.69 bits per heavy atom. The molecule has 0 bridgehead atoms. The first-order valence-electron chi connectivity index (χ1n) is 8.42. The Morgan fingerprint density at radius 2 is 2.00 bits per heavy atom. The van der Waals surface area contributed by atoms with Crippen molar-refractivity contribution in [2.75, 3.05) is 5.32 Å². The number of rotatable bonds is 5. The molecule has 136 valence electrons. The number of fused-ring (bicyclic) bond motifs is 1. The van der Waals surface area contributed by atoms with Gasteiger partial charge in [-0.25, -0.2) is 9.67 Å². The number of benzene rings is 1. The average Bonchev–Trinajstić information content (AvgIpc) is 3.00. The standard InChI is InChI=1S/C19H21ClN4O2/c1-11(2)24-18-14(9-22-24)8-16(10-21-18)23-19(25)13(4)26-17-6-5-15(20)7-12(17)3/h5-11,13H,1-4H3,(H,23,25). The number of carbonyl (C=O) groups excluding carboxylic acids is 1. The highest BCUT2D eigenvalue weighted by atomic mass is 35.5. The van der Waals surface area contributed by atoms with Gasteiger partial charge in [-0.15, -0.1) is 0 Å². The summed E-state index contributed by atoms with van der Waals surface area (Å²) >= 11 is 5.94. The molecule has 0 radical (unpaired) electrons. The van der Waals surface area contributed by atoms with Crippen LogP contribution in [0.15, 0.2) is 36.7 Å². The number of hydrogen-bond acceptors (Lipinski definition) is 4. The molecule has 7 heteroatoms. The molecule has 1 N–H and O–H groups in total. The number of halogens is 1. The summed E-state index contributed by atoms with van der Waals surface area (Å²) in [7, 11) is 0. The summed E-state index contributed by atoms with van der Waals surface area (Å²) in [5, 5.41) is 8.67. The lowest BCUT2D eigenvalue weighted by molar-refractivity contribution is -0.122. The summed E-state index contributed by atoms with van der Waals surface area (Å²) < 4.78 is 7.59. The molecule has 0 spiro atoms. The van der Waals surface area contributed by atoms with Crippen LogP contribution >= 0.6 is 11.6 Å². The second-order valence-corrected chi connectivity index (χ2v) is 6.92. The van der Waals surface area contributed by atoms with E-state index in [0.29, 0.717) is 16.5 Å². The smallest absolute Gasteiger partial charge is 0.265 e. The van der Waals surface area contributed by atoms with Crippen LogP contribution in [-0.4, -0.2) is 26.8 Å². The maximum Gasteiger partial charge on any atom is 0.265 e. The van der Waals surface area contributed by atoms with E-state index >= 15 is 0 Å². The van der Waals surface area contributed by atoms with Crippen molar-refractivity contribution in [3.8, 4) is 5.75 Å². The van der Waals surface area contributed by atoms with E-state index in [0.717, 1.165) is 16.6 Å². The first-order chi connectivity index (χ1) is 12.3. The molecule has 26 heavy (non-hydrogen) atoms. The number of hydrogen-bond donors (Lipinski definition) is 1. The van der Waals surface area contributed by atoms with Crippen LogP contribution in [0.3, 0.4) is 0 Å². The van der Waals surface area contributed by atoms with Crippen LogP contribution in [0.5, 0.6) is 5.75 Å². The highest BCUT2D eigenvalue weighted by Crippen LogP contribution is 2.23. The summed E-state index contributed by atoms with van der Waals surface area (Å²) in [5.41, 5.74) is 2.27. The molecule has 0 aliphatic rings. The molecule has 1 atom stereocenters. The third-order valence-electron chi connectivity index (χ3n) is 4.00. The van der Waals surface area contributed by atoms with Crippen LogP contribution in [0.2, 0.25) is 5.02 Å². The van der Waals surface area contributed by atoms with Crippen LogP contribution in [0.1, 0.15) is 32.4 Å². The third kappa shape index (κ3) is 3.80. The topological polar surface area (TPSA) is 69.0 Å². The van der Waals surface area contributed by atoms with Gasteiger partial charge >= 0.3 is 0 Å². The Bertz CT molecular complexity index is 952. The number of amides is 1. The fourth-order valence-corrected chi connectivity index (χ4v) is 2.85. The number of carbonyl (C=O) groups is 1. The monoisotopic (exact) mass is 372 g/mol. The van der Waals surface area contributed by atoms with Gasteiger partial charge in [0.2, 0.25) is 0 Å². The van der Waals surface area contributed by atoms with Gasteiger partial charge in [0.1, 0.15) is 5.75 Å². The van der Waals surface area contributed by atoms with Crippen molar-refractivity contribution in [2.45, 2.75) is 39.8 Å². The second kappa shape index (κ2) is 7.33. The quantitative estimate of drug-likeness (QED) is 0.721. The number of nitrogens with zero attached hydrogens (tertiary/aromatic N) is 3. The summed E-state index contributed by atoms with van der Waals surface area (Å²) in [5.74, 6) is 0.376. The van der Waals surface area contributed by atoms with E-state index in [4.69, 9.17) is 16.3 Å². The van der Waals surface area contributed by atoms with Crippen LogP contribution in [0.4, 0.5) is 5.69 Å². The van der Waals surface area contributed by atoms with Gasteiger partial charge in [0.25, 0.3) is 5.91 Å². The Labute approximate surface area is 157 Å². The maximum absolute atomic E-state index is 12.4. The van der Waals surface area contributed by atoms with Gasteiger partial charge in [-0.1, -0.05) is 11.6 Å². The zero-order valence-electron chi connectivity index (χ0n) is 15.2. The van der Waals surface area contributed by atoms with Crippen molar-refractivity contribution in [1.29, 1.82) is 0 Å². The molecule has 3 aromatic rings. The molecule has 1 unspecified atom stereocenters. The fraction of sp³-hybridized carbons (Fsp3) is 0.316. The van der Waals surface area contributed by atoms with E-state index in [2.05, 4.69) is 15.4 Å². The van der Waals surface area contributed by atoms with Crippen molar-refractivity contribution in [1.82, 2.24) is 14.8 Å². The van der Waals surface area contributed by atoms with Gasteiger partial charge in [0, 0.05) is 16.5 Å². The van der Waals surface area contributed by atoms with Crippen molar-refractivity contribution < 1.29 is 9.53 Å². The van der Waals surface area contributed by atoms with Crippen molar-refractivity contribution in [3.05, 3.63) is 47.2 Å². The average molecular weight is 373 g/mol. The summed E-state index contributed by atoms with van der Waals surface area (Å²) in [6.45, 7) is 7.67. The van der Waals surface area contributed by atoms with E-state index in [1.54, 1.807) is 37.5 Å². The Balaban J connectivity index is 1.71. The Kier molecular flexibility index (Phi) is 5.13. The van der Waals surface area contributed by atoms with Crippen LogP contribution in [0, 0.1) is 6.92 Å². The normalized spacial score (nSPS) is 12.4. The molecule has 0 aliphatic heterocycles. The molecule has 2 aromatic heterocycles. The molecular weight excluding hydrogens is 352 g/mol. The minimum atomic E-state index is -0.663. The van der Waals surface area contributed by atoms with Crippen LogP contribution < -0.4 is 10.1 Å². The molecule has 0 fully saturated rings. The van der Waals surface area contributed by atoms with E-state index in [-0.39, 0.29) is 11.9 Å². The number of aryl methyl sites for hydroxylation is 1. The highest BCUT2D eigenvalue weighted by Gasteiger charge is 2.17. The second-order valence-electron chi connectivity index (χ2n) is 6.48. The van der Waals surface area contributed by atoms with Gasteiger partial charge in [-0.05, 0) is 57.5 Å². The van der Waals surface area contributed by atoms with Crippen LogP contribution in [-0.2, 0) is 4.79 Å². The Hall–Kier alpha value is -2.60. The molecule has 2 heterocycles. The third-order valence-corrected chi connectivity index (χ3v) is 4.24. The molecule has 1 amide bonds. The lowest BCUT2D eigenvalue weighted by atomic mass is 10.2. The van der Waals surface area contributed by atoms with Crippen molar-refractivity contribution in [2.24, 2.45) is 0 Å². The summed E-state index contributed by atoms with van der Waals surface area (Å²) in [6, 6.07) is 7.36. The predicted octanol–water partition coefficient (Wildman–Crippen LogP) is 4.38. The highest BCUT2D eigenvalue weighted by molar-refractivity contribution is 6.30. The van der Waals surface area contributed by atoms with Crippen LogP contribution in [0.25, 0.3) is 11.0 Å². The lowest BCUT2D eigenvalue weighted by Gasteiger charge is -2.16. The fourth-order valence-electron chi connectivity index (χ4n) is 2.62. The Morgan fingerprint density at radius 1 is 1.23 bits per heavy atom. The van der Waals surface area contributed by atoms with Gasteiger partial charge in [-0.2, -0.15) is 5.10 Å². The van der Waals surface area contributed by atoms with Gasteiger partial charge in [-0.3, -0.25) is 4.79 Å². The van der Waals surface area contributed by atoms with E-state index in [9.17, 15) is 4.79 Å². The SMILES string of the molecule is Cc1cc(Cl)ccc1OC(C)C(=O)Nc1cnc2c(cnn2C(C)C)c1. The van der Waals surface area contributed by atoms with E-state index in [1.165, 1.54) is 0 Å². The van der Waals surface area contributed by atoms with Gasteiger partial charge in [0.15, 0.2) is 11.8 Å². The van der Waals surface area contributed by atoms with Crippen molar-refractivity contribution in [3.63, 3.8) is 0 Å². The summed E-state index contributed by atoms with van der Waals surface area (Å²) in [4.78, 5) is 16.8.